The van der Waals surface area contributed by atoms with E-state index in [4.69, 9.17) is 5.73 Å². The average Bonchev–Trinajstić information content (AvgIpc) is 2.17. The van der Waals surface area contributed by atoms with E-state index in [9.17, 15) is 4.39 Å². The van der Waals surface area contributed by atoms with E-state index in [0.29, 0.717) is 11.8 Å². The third-order valence-electron chi connectivity index (χ3n) is 2.04. The van der Waals surface area contributed by atoms with Crippen LogP contribution in [0.15, 0.2) is 29.2 Å². The van der Waals surface area contributed by atoms with Crippen molar-refractivity contribution >= 4 is 11.8 Å². The van der Waals surface area contributed by atoms with Crippen LogP contribution >= 0.6 is 11.8 Å². The highest BCUT2D eigenvalue weighted by Crippen LogP contribution is 2.27. The predicted octanol–water partition coefficient (Wildman–Crippen LogP) is 3.05. The minimum atomic E-state index is -0.169. The zero-order valence-electron chi connectivity index (χ0n) is 8.37. The van der Waals surface area contributed by atoms with E-state index in [1.54, 1.807) is 23.9 Å². The highest BCUT2D eigenvalue weighted by atomic mass is 32.2. The number of halogens is 1. The second-order valence-electron chi connectivity index (χ2n) is 3.18. The Labute approximate surface area is 88.9 Å². The lowest BCUT2D eigenvalue weighted by molar-refractivity contribution is 0.624. The van der Waals surface area contributed by atoms with Crippen LogP contribution in [0.1, 0.15) is 19.8 Å². The number of nitrogens with two attached hydrogens (primary N) is 1. The van der Waals surface area contributed by atoms with E-state index in [1.807, 2.05) is 6.07 Å². The molecule has 0 saturated carbocycles. The van der Waals surface area contributed by atoms with Gasteiger partial charge in [-0.3, -0.25) is 0 Å². The van der Waals surface area contributed by atoms with Gasteiger partial charge in [0.2, 0.25) is 0 Å². The second-order valence-corrected chi connectivity index (χ2v) is 4.56. The summed E-state index contributed by atoms with van der Waals surface area (Å²) >= 11 is 1.71. The normalized spacial score (nSPS) is 12.8. The molecule has 78 valence electrons. The van der Waals surface area contributed by atoms with E-state index in [1.165, 1.54) is 6.07 Å². The maximum absolute atomic E-state index is 12.9. The molecule has 0 fully saturated rings. The molecule has 1 aromatic carbocycles. The lowest BCUT2D eigenvalue weighted by Crippen LogP contribution is -2.09. The van der Waals surface area contributed by atoms with Gasteiger partial charge in [-0.2, -0.15) is 0 Å². The molecular weight excluding hydrogens is 197 g/mol. The molecule has 0 aliphatic heterocycles. The van der Waals surface area contributed by atoms with Gasteiger partial charge in [0.05, 0.1) is 0 Å². The molecule has 0 saturated heterocycles. The van der Waals surface area contributed by atoms with Crippen molar-refractivity contribution in [3.8, 4) is 0 Å². The van der Waals surface area contributed by atoms with E-state index >= 15 is 0 Å². The zero-order chi connectivity index (χ0) is 10.4. The van der Waals surface area contributed by atoms with Gasteiger partial charge in [0.25, 0.3) is 0 Å². The molecule has 0 heterocycles. The summed E-state index contributed by atoms with van der Waals surface area (Å²) < 4.78 is 12.9. The van der Waals surface area contributed by atoms with Crippen molar-refractivity contribution in [1.82, 2.24) is 0 Å². The number of hydrogen-bond donors (Lipinski definition) is 1. The first kappa shape index (κ1) is 11.5. The molecule has 1 rings (SSSR count). The summed E-state index contributed by atoms with van der Waals surface area (Å²) in [6.45, 7) is 2.83. The summed E-state index contributed by atoms with van der Waals surface area (Å²) in [7, 11) is 0. The predicted molar refractivity (Wildman–Crippen MR) is 60.0 cm³/mol. The van der Waals surface area contributed by atoms with Crippen molar-refractivity contribution < 1.29 is 4.39 Å². The fourth-order valence-corrected chi connectivity index (χ4v) is 2.41. The van der Waals surface area contributed by atoms with Gasteiger partial charge >= 0.3 is 0 Å². The van der Waals surface area contributed by atoms with Crippen LogP contribution in [-0.2, 0) is 0 Å². The summed E-state index contributed by atoms with van der Waals surface area (Å²) in [5.74, 6) is -0.169. The van der Waals surface area contributed by atoms with Crippen LogP contribution in [0.4, 0.5) is 4.39 Å². The van der Waals surface area contributed by atoms with E-state index < -0.39 is 0 Å². The third kappa shape index (κ3) is 3.68. The standard InChI is InChI=1S/C11H16FNS/c1-2-10(6-7-13)14-11-5-3-4-9(12)8-11/h3-5,8,10H,2,6-7,13H2,1H3. The molecule has 1 atom stereocenters. The molecule has 0 amide bonds. The lowest BCUT2D eigenvalue weighted by atomic mass is 10.2. The van der Waals surface area contributed by atoms with Gasteiger partial charge in [0.15, 0.2) is 0 Å². The van der Waals surface area contributed by atoms with Gasteiger partial charge in [-0.1, -0.05) is 13.0 Å². The van der Waals surface area contributed by atoms with Crippen molar-refractivity contribution in [1.29, 1.82) is 0 Å². The Hall–Kier alpha value is -0.540. The molecule has 1 aromatic rings. The van der Waals surface area contributed by atoms with Gasteiger partial charge in [0.1, 0.15) is 5.82 Å². The molecule has 0 aromatic heterocycles. The van der Waals surface area contributed by atoms with Gasteiger partial charge in [-0.25, -0.2) is 4.39 Å². The van der Waals surface area contributed by atoms with E-state index in [0.717, 1.165) is 17.7 Å². The first-order valence-electron chi connectivity index (χ1n) is 4.88. The Balaban J connectivity index is 2.57. The minimum Gasteiger partial charge on any atom is -0.330 e. The number of benzene rings is 1. The Morgan fingerprint density at radius 2 is 2.29 bits per heavy atom. The fourth-order valence-electron chi connectivity index (χ4n) is 1.27. The maximum Gasteiger partial charge on any atom is 0.124 e. The molecule has 0 spiro atoms. The molecule has 2 N–H and O–H groups in total. The minimum absolute atomic E-state index is 0.169. The smallest absolute Gasteiger partial charge is 0.124 e. The van der Waals surface area contributed by atoms with Gasteiger partial charge in [-0.05, 0) is 37.6 Å². The van der Waals surface area contributed by atoms with Crippen LogP contribution in [0, 0.1) is 5.82 Å². The van der Waals surface area contributed by atoms with Crippen LogP contribution in [-0.4, -0.2) is 11.8 Å². The monoisotopic (exact) mass is 213 g/mol. The van der Waals surface area contributed by atoms with Crippen molar-refractivity contribution in [3.63, 3.8) is 0 Å². The SMILES string of the molecule is CCC(CCN)Sc1cccc(F)c1. The van der Waals surface area contributed by atoms with Gasteiger partial charge in [-0.15, -0.1) is 11.8 Å². The van der Waals surface area contributed by atoms with Crippen LogP contribution in [0.2, 0.25) is 0 Å². The molecule has 1 unspecified atom stereocenters. The van der Waals surface area contributed by atoms with Crippen LogP contribution in [0.5, 0.6) is 0 Å². The molecule has 1 nitrogen and oxygen atoms in total. The average molecular weight is 213 g/mol. The summed E-state index contributed by atoms with van der Waals surface area (Å²) in [4.78, 5) is 0.991. The topological polar surface area (TPSA) is 26.0 Å². The van der Waals surface area contributed by atoms with E-state index in [2.05, 4.69) is 6.92 Å². The Kier molecular flexibility index (Phi) is 4.98. The van der Waals surface area contributed by atoms with Crippen molar-refractivity contribution in [2.24, 2.45) is 5.73 Å². The maximum atomic E-state index is 12.9. The summed E-state index contributed by atoms with van der Waals surface area (Å²) in [6.07, 6.45) is 2.05. The highest BCUT2D eigenvalue weighted by molar-refractivity contribution is 8.00. The van der Waals surface area contributed by atoms with Crippen LogP contribution in [0.3, 0.4) is 0 Å². The fraction of sp³-hybridized carbons (Fsp3) is 0.455. The molecule has 0 aliphatic rings. The molecule has 0 aliphatic carbocycles. The number of rotatable bonds is 5. The van der Waals surface area contributed by atoms with Crippen molar-refractivity contribution in [3.05, 3.63) is 30.1 Å². The molecule has 0 bridgehead atoms. The Morgan fingerprint density at radius 3 is 2.86 bits per heavy atom. The molecule has 14 heavy (non-hydrogen) atoms. The zero-order valence-corrected chi connectivity index (χ0v) is 9.19. The highest BCUT2D eigenvalue weighted by Gasteiger charge is 2.07. The largest absolute Gasteiger partial charge is 0.330 e. The quantitative estimate of drug-likeness (QED) is 0.761. The van der Waals surface area contributed by atoms with Crippen LogP contribution < -0.4 is 5.73 Å². The Morgan fingerprint density at radius 1 is 1.50 bits per heavy atom. The first-order valence-corrected chi connectivity index (χ1v) is 5.76. The lowest BCUT2D eigenvalue weighted by Gasteiger charge is -2.12. The summed E-state index contributed by atoms with van der Waals surface area (Å²) in [6, 6.07) is 6.72. The third-order valence-corrected chi connectivity index (χ3v) is 3.47. The first-order chi connectivity index (χ1) is 6.76. The molecule has 0 radical (unpaired) electrons. The summed E-state index contributed by atoms with van der Waals surface area (Å²) in [5, 5.41) is 0.502. The van der Waals surface area contributed by atoms with Crippen molar-refractivity contribution in [2.75, 3.05) is 6.54 Å². The van der Waals surface area contributed by atoms with Crippen LogP contribution in [0.25, 0.3) is 0 Å². The summed E-state index contributed by atoms with van der Waals surface area (Å²) in [5.41, 5.74) is 5.50. The number of thioether (sulfide) groups is 1. The van der Waals surface area contributed by atoms with Gasteiger partial charge in [0, 0.05) is 10.1 Å². The molecule has 3 heteroatoms. The number of hydrogen-bond acceptors (Lipinski definition) is 2. The van der Waals surface area contributed by atoms with Crippen molar-refractivity contribution in [2.45, 2.75) is 29.9 Å². The second kappa shape index (κ2) is 6.04. The van der Waals surface area contributed by atoms with E-state index in [-0.39, 0.29) is 5.82 Å². The van der Waals surface area contributed by atoms with Gasteiger partial charge < -0.3 is 5.73 Å². The Bertz CT molecular complexity index is 278. The molecular formula is C11H16FNS.